The van der Waals surface area contributed by atoms with Crippen LogP contribution in [0.4, 0.5) is 14.6 Å². The topological polar surface area (TPSA) is 56.2 Å². The van der Waals surface area contributed by atoms with Gasteiger partial charge in [0.15, 0.2) is 5.82 Å². The first-order valence-corrected chi connectivity index (χ1v) is 9.20. The van der Waals surface area contributed by atoms with Crippen LogP contribution in [0, 0.1) is 11.6 Å². The Morgan fingerprint density at radius 3 is 2.37 bits per heavy atom. The molecule has 1 heterocycles. The Labute approximate surface area is 171 Å². The first-order valence-electron chi connectivity index (χ1n) is 9.20. The standard InChI is InChI=1S/C23H17F2N3O2/c24-18-10-6-11-19(25)22(18)23(29)26-21-13-14-28(27-21)15-16-7-4-5-12-20(16)30-17-8-2-1-3-9-17/h1-14H,15H2,(H,26,27,29). The number of hydrogen-bond donors (Lipinski definition) is 1. The average molecular weight is 405 g/mol. The van der Waals surface area contributed by atoms with Gasteiger partial charge in [-0.25, -0.2) is 8.78 Å². The monoisotopic (exact) mass is 405 g/mol. The van der Waals surface area contributed by atoms with E-state index in [9.17, 15) is 13.6 Å². The first kappa shape index (κ1) is 19.3. The van der Waals surface area contributed by atoms with Crippen LogP contribution in [0.2, 0.25) is 0 Å². The molecule has 1 N–H and O–H groups in total. The van der Waals surface area contributed by atoms with Gasteiger partial charge in [0.05, 0.1) is 6.54 Å². The van der Waals surface area contributed by atoms with Crippen molar-refractivity contribution in [2.45, 2.75) is 6.54 Å². The number of hydrogen-bond acceptors (Lipinski definition) is 3. The van der Waals surface area contributed by atoms with Gasteiger partial charge in [-0.05, 0) is 30.3 Å². The van der Waals surface area contributed by atoms with Crippen LogP contribution >= 0.6 is 0 Å². The number of carbonyl (C=O) groups is 1. The molecule has 0 bridgehead atoms. The normalized spacial score (nSPS) is 10.6. The SMILES string of the molecule is O=C(Nc1ccn(Cc2ccccc2Oc2ccccc2)n1)c1c(F)cccc1F. The van der Waals surface area contributed by atoms with Crippen LogP contribution in [0.5, 0.6) is 11.5 Å². The van der Waals surface area contributed by atoms with Crippen LogP contribution in [0.1, 0.15) is 15.9 Å². The molecule has 1 amide bonds. The maximum atomic E-state index is 13.8. The molecule has 3 aromatic carbocycles. The van der Waals surface area contributed by atoms with Crippen molar-refractivity contribution in [3.63, 3.8) is 0 Å². The summed E-state index contributed by atoms with van der Waals surface area (Å²) in [5.74, 6) is -1.19. The Balaban J connectivity index is 1.49. The number of carbonyl (C=O) groups excluding carboxylic acids is 1. The Morgan fingerprint density at radius 2 is 1.60 bits per heavy atom. The van der Waals surface area contributed by atoms with E-state index in [0.29, 0.717) is 18.0 Å². The van der Waals surface area contributed by atoms with Crippen LogP contribution in [-0.2, 0) is 6.54 Å². The predicted octanol–water partition coefficient (Wildman–Crippen LogP) is 5.25. The molecule has 7 heteroatoms. The fourth-order valence-corrected chi connectivity index (χ4v) is 2.93. The minimum Gasteiger partial charge on any atom is -0.457 e. The number of para-hydroxylation sites is 2. The molecule has 4 aromatic rings. The van der Waals surface area contributed by atoms with Crippen molar-refractivity contribution in [1.29, 1.82) is 0 Å². The number of amides is 1. The highest BCUT2D eigenvalue weighted by Crippen LogP contribution is 2.25. The summed E-state index contributed by atoms with van der Waals surface area (Å²) < 4.78 is 35.1. The highest BCUT2D eigenvalue weighted by Gasteiger charge is 2.18. The fraction of sp³-hybridized carbons (Fsp3) is 0.0435. The van der Waals surface area contributed by atoms with E-state index in [2.05, 4.69) is 10.4 Å². The summed E-state index contributed by atoms with van der Waals surface area (Å²) >= 11 is 0. The van der Waals surface area contributed by atoms with Crippen LogP contribution in [0.3, 0.4) is 0 Å². The number of aromatic nitrogens is 2. The van der Waals surface area contributed by atoms with E-state index in [-0.39, 0.29) is 5.82 Å². The number of anilines is 1. The summed E-state index contributed by atoms with van der Waals surface area (Å²) in [6, 6.07) is 21.7. The Kier molecular flexibility index (Phi) is 5.52. The Hall–Kier alpha value is -4.00. The molecule has 4 rings (SSSR count). The number of benzene rings is 3. The molecule has 0 spiro atoms. The number of nitrogens with one attached hydrogen (secondary N) is 1. The lowest BCUT2D eigenvalue weighted by Crippen LogP contribution is -2.16. The molecular formula is C23H17F2N3O2. The maximum Gasteiger partial charge on any atom is 0.262 e. The minimum atomic E-state index is -0.932. The highest BCUT2D eigenvalue weighted by molar-refractivity contribution is 6.04. The van der Waals surface area contributed by atoms with Crippen molar-refractivity contribution in [3.8, 4) is 11.5 Å². The van der Waals surface area contributed by atoms with E-state index in [4.69, 9.17) is 4.74 Å². The van der Waals surface area contributed by atoms with Gasteiger partial charge in [0.1, 0.15) is 28.7 Å². The largest absolute Gasteiger partial charge is 0.457 e. The molecule has 0 fully saturated rings. The molecule has 30 heavy (non-hydrogen) atoms. The molecule has 0 saturated carbocycles. The van der Waals surface area contributed by atoms with Crippen molar-refractivity contribution in [2.75, 3.05) is 5.32 Å². The zero-order chi connectivity index (χ0) is 20.9. The Morgan fingerprint density at radius 1 is 0.900 bits per heavy atom. The predicted molar refractivity (Wildman–Crippen MR) is 109 cm³/mol. The summed E-state index contributed by atoms with van der Waals surface area (Å²) in [4.78, 5) is 12.2. The number of halogens is 2. The second kappa shape index (κ2) is 8.57. The quantitative estimate of drug-likeness (QED) is 0.476. The average Bonchev–Trinajstić information content (AvgIpc) is 3.17. The third-order valence-corrected chi connectivity index (χ3v) is 4.35. The smallest absolute Gasteiger partial charge is 0.262 e. The van der Waals surface area contributed by atoms with Gasteiger partial charge in [-0.15, -0.1) is 0 Å². The second-order valence-electron chi connectivity index (χ2n) is 6.47. The fourth-order valence-electron chi connectivity index (χ4n) is 2.93. The van der Waals surface area contributed by atoms with Crippen molar-refractivity contribution >= 4 is 11.7 Å². The summed E-state index contributed by atoms with van der Waals surface area (Å²) in [5.41, 5.74) is 0.233. The number of nitrogens with zero attached hydrogens (tertiary/aromatic N) is 2. The van der Waals surface area contributed by atoms with E-state index in [0.717, 1.165) is 17.7 Å². The number of ether oxygens (including phenoxy) is 1. The van der Waals surface area contributed by atoms with Gasteiger partial charge in [-0.3, -0.25) is 9.48 Å². The van der Waals surface area contributed by atoms with E-state index < -0.39 is 23.1 Å². The third-order valence-electron chi connectivity index (χ3n) is 4.35. The van der Waals surface area contributed by atoms with Gasteiger partial charge in [0.25, 0.3) is 5.91 Å². The van der Waals surface area contributed by atoms with Crippen molar-refractivity contribution < 1.29 is 18.3 Å². The van der Waals surface area contributed by atoms with Gasteiger partial charge in [-0.2, -0.15) is 5.10 Å². The van der Waals surface area contributed by atoms with Gasteiger partial charge >= 0.3 is 0 Å². The molecule has 1 aromatic heterocycles. The molecule has 150 valence electrons. The first-order chi connectivity index (χ1) is 14.6. The second-order valence-corrected chi connectivity index (χ2v) is 6.47. The summed E-state index contributed by atoms with van der Waals surface area (Å²) in [7, 11) is 0. The van der Waals surface area contributed by atoms with Gasteiger partial charge < -0.3 is 10.1 Å². The van der Waals surface area contributed by atoms with E-state index in [1.165, 1.54) is 6.07 Å². The molecule has 0 aliphatic heterocycles. The van der Waals surface area contributed by atoms with E-state index in [1.54, 1.807) is 16.9 Å². The minimum absolute atomic E-state index is 0.184. The van der Waals surface area contributed by atoms with Crippen molar-refractivity contribution in [2.24, 2.45) is 0 Å². The maximum absolute atomic E-state index is 13.8. The zero-order valence-electron chi connectivity index (χ0n) is 15.8. The lowest BCUT2D eigenvalue weighted by atomic mass is 10.2. The summed E-state index contributed by atoms with van der Waals surface area (Å²) in [5, 5.41) is 6.68. The molecule has 0 atom stereocenters. The number of rotatable bonds is 6. The van der Waals surface area contributed by atoms with Crippen LogP contribution in [0.25, 0.3) is 0 Å². The van der Waals surface area contributed by atoms with Crippen LogP contribution in [0.15, 0.2) is 85.1 Å². The van der Waals surface area contributed by atoms with Crippen molar-refractivity contribution in [1.82, 2.24) is 9.78 Å². The lowest BCUT2D eigenvalue weighted by molar-refractivity contribution is 0.101. The third kappa shape index (κ3) is 4.35. The van der Waals surface area contributed by atoms with Crippen LogP contribution in [-0.4, -0.2) is 15.7 Å². The van der Waals surface area contributed by atoms with Crippen LogP contribution < -0.4 is 10.1 Å². The van der Waals surface area contributed by atoms with E-state index in [1.807, 2.05) is 54.6 Å². The summed E-state index contributed by atoms with van der Waals surface area (Å²) in [6.07, 6.45) is 1.66. The molecule has 0 aliphatic rings. The lowest BCUT2D eigenvalue weighted by Gasteiger charge is -2.11. The zero-order valence-corrected chi connectivity index (χ0v) is 15.8. The molecule has 0 radical (unpaired) electrons. The Bertz CT molecular complexity index is 1160. The van der Waals surface area contributed by atoms with Gasteiger partial charge in [0, 0.05) is 17.8 Å². The van der Waals surface area contributed by atoms with Gasteiger partial charge in [-0.1, -0.05) is 42.5 Å². The highest BCUT2D eigenvalue weighted by atomic mass is 19.1. The molecular weight excluding hydrogens is 388 g/mol. The molecule has 0 unspecified atom stereocenters. The van der Waals surface area contributed by atoms with Gasteiger partial charge in [0.2, 0.25) is 0 Å². The molecule has 0 saturated heterocycles. The summed E-state index contributed by atoms with van der Waals surface area (Å²) in [6.45, 7) is 0.382. The van der Waals surface area contributed by atoms with E-state index >= 15 is 0 Å². The molecule has 5 nitrogen and oxygen atoms in total. The van der Waals surface area contributed by atoms with Crippen molar-refractivity contribution in [3.05, 3.63) is 108 Å². The molecule has 0 aliphatic carbocycles.